The second kappa shape index (κ2) is 9.11. The van der Waals surface area contributed by atoms with Gasteiger partial charge in [0.05, 0.1) is 5.75 Å². The van der Waals surface area contributed by atoms with E-state index in [0.29, 0.717) is 5.92 Å². The van der Waals surface area contributed by atoms with E-state index in [2.05, 4.69) is 25.2 Å². The van der Waals surface area contributed by atoms with Gasteiger partial charge in [-0.2, -0.15) is 0 Å². The van der Waals surface area contributed by atoms with Crippen LogP contribution in [-0.4, -0.2) is 30.3 Å². The smallest absolute Gasteiger partial charge is 0.316 e. The summed E-state index contributed by atoms with van der Waals surface area (Å²) in [5.41, 5.74) is 2.44. The highest BCUT2D eigenvalue weighted by Gasteiger charge is 2.23. The number of benzene rings is 1. The van der Waals surface area contributed by atoms with E-state index in [1.807, 2.05) is 19.1 Å². The first-order valence-corrected chi connectivity index (χ1v) is 9.59. The zero-order valence-corrected chi connectivity index (χ0v) is 15.6. The summed E-state index contributed by atoms with van der Waals surface area (Å²) >= 11 is 1.43. The van der Waals surface area contributed by atoms with Crippen LogP contribution in [0.25, 0.3) is 0 Å². The van der Waals surface area contributed by atoms with E-state index in [1.165, 1.54) is 29.3 Å². The van der Waals surface area contributed by atoms with Crippen molar-refractivity contribution in [2.45, 2.75) is 57.4 Å². The van der Waals surface area contributed by atoms with Crippen LogP contribution in [0.1, 0.15) is 43.7 Å². The van der Waals surface area contributed by atoms with Crippen LogP contribution in [0, 0.1) is 19.8 Å². The maximum atomic E-state index is 11.9. The molecule has 5 heteroatoms. The third-order valence-electron chi connectivity index (χ3n) is 4.66. The summed E-state index contributed by atoms with van der Waals surface area (Å²) in [6, 6.07) is 6.32. The molecule has 4 nitrogen and oxygen atoms in total. The van der Waals surface area contributed by atoms with Gasteiger partial charge < -0.3 is 10.1 Å². The number of ether oxygens (including phenoxy) is 1. The van der Waals surface area contributed by atoms with E-state index in [1.54, 1.807) is 0 Å². The van der Waals surface area contributed by atoms with Crippen molar-refractivity contribution in [1.82, 2.24) is 5.32 Å². The van der Waals surface area contributed by atoms with Crippen LogP contribution in [0.4, 0.5) is 0 Å². The summed E-state index contributed by atoms with van der Waals surface area (Å²) in [7, 11) is 0. The molecule has 1 fully saturated rings. The van der Waals surface area contributed by atoms with E-state index in [9.17, 15) is 9.59 Å². The van der Waals surface area contributed by atoms with Crippen molar-refractivity contribution in [3.05, 3.63) is 29.3 Å². The zero-order valence-electron chi connectivity index (χ0n) is 14.8. The molecule has 2 atom stereocenters. The van der Waals surface area contributed by atoms with Gasteiger partial charge in [-0.1, -0.05) is 25.8 Å². The molecule has 1 aromatic carbocycles. The first-order chi connectivity index (χ1) is 11.5. The molecule has 0 radical (unpaired) electrons. The minimum absolute atomic E-state index is 0.185. The van der Waals surface area contributed by atoms with Crippen molar-refractivity contribution in [3.63, 3.8) is 0 Å². The summed E-state index contributed by atoms with van der Waals surface area (Å²) in [4.78, 5) is 24.8. The van der Waals surface area contributed by atoms with Crippen LogP contribution < -0.4 is 5.32 Å². The molecule has 0 bridgehead atoms. The molecule has 0 unspecified atom stereocenters. The average Bonchev–Trinajstić information content (AvgIpc) is 2.56. The van der Waals surface area contributed by atoms with Gasteiger partial charge in [-0.25, -0.2) is 0 Å². The van der Waals surface area contributed by atoms with Crippen LogP contribution in [0.2, 0.25) is 0 Å². The van der Waals surface area contributed by atoms with E-state index in [4.69, 9.17) is 4.74 Å². The number of rotatable bonds is 6. The fraction of sp³-hybridized carbons (Fsp3) is 0.579. The number of thioether (sulfide) groups is 1. The van der Waals surface area contributed by atoms with Crippen LogP contribution in [-0.2, 0) is 14.3 Å². The zero-order chi connectivity index (χ0) is 17.5. The molecule has 1 aliphatic rings. The number of carbonyl (C=O) groups is 2. The second-order valence-corrected chi connectivity index (χ2v) is 7.68. The molecule has 0 aromatic heterocycles. The molecule has 1 N–H and O–H groups in total. The third kappa shape index (κ3) is 5.86. The fourth-order valence-electron chi connectivity index (χ4n) is 2.91. The lowest BCUT2D eigenvalue weighted by Crippen LogP contribution is -2.43. The maximum absolute atomic E-state index is 11.9. The van der Waals surface area contributed by atoms with Gasteiger partial charge in [-0.3, -0.25) is 9.59 Å². The number of carbonyl (C=O) groups excluding carboxylic acids is 2. The number of nitrogens with one attached hydrogen (secondary N) is 1. The Morgan fingerprint density at radius 1 is 1.21 bits per heavy atom. The third-order valence-corrected chi connectivity index (χ3v) is 5.62. The van der Waals surface area contributed by atoms with E-state index in [-0.39, 0.29) is 30.3 Å². The van der Waals surface area contributed by atoms with Crippen LogP contribution in [0.5, 0.6) is 0 Å². The Balaban J connectivity index is 1.68. The maximum Gasteiger partial charge on any atom is 0.316 e. The standard InChI is InChI=1S/C19H27NO3S/c1-13-8-9-16(10-15(13)3)24-12-19(22)23-11-18(21)20-17-7-5-4-6-14(17)2/h8-10,14,17H,4-7,11-12H2,1-3H3,(H,20,21)/t14-,17+/m0/s1. The first-order valence-electron chi connectivity index (χ1n) is 8.60. The Labute approximate surface area is 148 Å². The monoisotopic (exact) mass is 349 g/mol. The summed E-state index contributed by atoms with van der Waals surface area (Å²) in [5.74, 6) is 0.164. The number of amides is 1. The highest BCUT2D eigenvalue weighted by atomic mass is 32.2. The average molecular weight is 349 g/mol. The van der Waals surface area contributed by atoms with E-state index < -0.39 is 0 Å². The Kier molecular flexibility index (Phi) is 7.16. The summed E-state index contributed by atoms with van der Waals surface area (Å²) in [5, 5.41) is 2.99. The molecule has 132 valence electrons. The lowest BCUT2D eigenvalue weighted by Gasteiger charge is -2.29. The molecule has 1 saturated carbocycles. The van der Waals surface area contributed by atoms with E-state index in [0.717, 1.165) is 24.2 Å². The van der Waals surface area contributed by atoms with Gasteiger partial charge in [-0.15, -0.1) is 11.8 Å². The van der Waals surface area contributed by atoms with Gasteiger partial charge in [0, 0.05) is 10.9 Å². The van der Waals surface area contributed by atoms with Crippen molar-refractivity contribution in [2.75, 3.05) is 12.4 Å². The molecule has 2 rings (SSSR count). The second-order valence-electron chi connectivity index (χ2n) is 6.63. The number of hydrogen-bond donors (Lipinski definition) is 1. The lowest BCUT2D eigenvalue weighted by molar-refractivity contribution is -0.146. The van der Waals surface area contributed by atoms with E-state index >= 15 is 0 Å². The molecular formula is C19H27NO3S. The van der Waals surface area contributed by atoms with Crippen LogP contribution in [0.3, 0.4) is 0 Å². The normalized spacial score (nSPS) is 20.5. The van der Waals surface area contributed by atoms with Gasteiger partial charge in [0.25, 0.3) is 5.91 Å². The minimum atomic E-state index is -0.356. The quantitative estimate of drug-likeness (QED) is 0.629. The van der Waals surface area contributed by atoms with Gasteiger partial charge in [0.1, 0.15) is 0 Å². The SMILES string of the molecule is Cc1ccc(SCC(=O)OCC(=O)N[C@@H]2CCCC[C@@H]2C)cc1C. The Hall–Kier alpha value is -1.49. The van der Waals surface area contributed by atoms with Gasteiger partial charge >= 0.3 is 5.97 Å². The summed E-state index contributed by atoms with van der Waals surface area (Å²) < 4.78 is 5.08. The molecule has 1 amide bonds. The van der Waals surface area contributed by atoms with Crippen molar-refractivity contribution in [2.24, 2.45) is 5.92 Å². The van der Waals surface area contributed by atoms with Gasteiger partial charge in [0.2, 0.25) is 0 Å². The highest BCUT2D eigenvalue weighted by Crippen LogP contribution is 2.23. The minimum Gasteiger partial charge on any atom is -0.455 e. The summed E-state index contributed by atoms with van der Waals surface area (Å²) in [6.07, 6.45) is 4.56. The van der Waals surface area contributed by atoms with Crippen molar-refractivity contribution in [1.29, 1.82) is 0 Å². The number of aryl methyl sites for hydroxylation is 2. The predicted molar refractivity (Wildman–Crippen MR) is 97.2 cm³/mol. The highest BCUT2D eigenvalue weighted by molar-refractivity contribution is 8.00. The van der Waals surface area contributed by atoms with Gasteiger partial charge in [-0.05, 0) is 55.9 Å². The van der Waals surface area contributed by atoms with Crippen molar-refractivity contribution in [3.8, 4) is 0 Å². The fourth-order valence-corrected chi connectivity index (χ4v) is 3.71. The van der Waals surface area contributed by atoms with Crippen LogP contribution in [0.15, 0.2) is 23.1 Å². The molecule has 0 saturated heterocycles. The molecule has 1 aromatic rings. The predicted octanol–water partition coefficient (Wildman–Crippen LogP) is 3.63. The molecule has 0 spiro atoms. The Morgan fingerprint density at radius 2 is 1.96 bits per heavy atom. The molecule has 1 aliphatic carbocycles. The first kappa shape index (κ1) is 18.8. The Bertz CT molecular complexity index is 588. The molecule has 0 heterocycles. The molecular weight excluding hydrogens is 322 g/mol. The van der Waals surface area contributed by atoms with Crippen molar-refractivity contribution >= 4 is 23.6 Å². The summed E-state index contributed by atoms with van der Waals surface area (Å²) in [6.45, 7) is 6.09. The molecule has 24 heavy (non-hydrogen) atoms. The molecule has 0 aliphatic heterocycles. The van der Waals surface area contributed by atoms with Crippen LogP contribution >= 0.6 is 11.8 Å². The Morgan fingerprint density at radius 3 is 2.67 bits per heavy atom. The number of hydrogen-bond acceptors (Lipinski definition) is 4. The largest absolute Gasteiger partial charge is 0.455 e. The topological polar surface area (TPSA) is 55.4 Å². The van der Waals surface area contributed by atoms with Gasteiger partial charge in [0.15, 0.2) is 6.61 Å². The lowest BCUT2D eigenvalue weighted by atomic mass is 9.86. The number of esters is 1. The van der Waals surface area contributed by atoms with Crippen molar-refractivity contribution < 1.29 is 14.3 Å².